The van der Waals surface area contributed by atoms with Crippen molar-refractivity contribution in [1.29, 1.82) is 0 Å². The van der Waals surface area contributed by atoms with Gasteiger partial charge in [-0.25, -0.2) is 9.97 Å². The number of hydrogen-bond acceptors (Lipinski definition) is 4. The van der Waals surface area contributed by atoms with Crippen LogP contribution >= 0.6 is 11.8 Å². The molecule has 0 radical (unpaired) electrons. The van der Waals surface area contributed by atoms with Crippen LogP contribution in [-0.2, 0) is 0 Å². The minimum Gasteiger partial charge on any atom is -0.384 e. The summed E-state index contributed by atoms with van der Waals surface area (Å²) in [4.78, 5) is 12.2. The van der Waals surface area contributed by atoms with Crippen molar-refractivity contribution < 1.29 is 0 Å². The van der Waals surface area contributed by atoms with E-state index in [4.69, 9.17) is 5.73 Å². The molecular weight excluding hydrogens is 172 g/mol. The molecule has 0 aliphatic rings. The summed E-state index contributed by atoms with van der Waals surface area (Å²) < 4.78 is 0. The standard InChI is InChI=1S/C7H8N4S/c1-12-4-2-5(8)11-7-6(4)9-3-10-7/h2-3H,1H3,(H3,8,9,10,11). The molecule has 5 heteroatoms. The number of anilines is 1. The first-order valence-corrected chi connectivity index (χ1v) is 4.67. The number of aromatic amines is 1. The van der Waals surface area contributed by atoms with Crippen LogP contribution in [0.5, 0.6) is 0 Å². The van der Waals surface area contributed by atoms with E-state index in [-0.39, 0.29) is 0 Å². The number of nitrogens with one attached hydrogen (secondary N) is 1. The Bertz CT molecular complexity index is 409. The third kappa shape index (κ3) is 1.02. The molecule has 2 rings (SSSR count). The lowest BCUT2D eigenvalue weighted by Crippen LogP contribution is -1.91. The highest BCUT2D eigenvalue weighted by atomic mass is 32.2. The summed E-state index contributed by atoms with van der Waals surface area (Å²) in [5.41, 5.74) is 7.22. The number of nitrogens with two attached hydrogens (primary N) is 1. The van der Waals surface area contributed by atoms with Gasteiger partial charge in [0.15, 0.2) is 5.65 Å². The normalized spacial score (nSPS) is 10.8. The van der Waals surface area contributed by atoms with Crippen molar-refractivity contribution in [3.05, 3.63) is 12.4 Å². The average Bonchev–Trinajstić information content (AvgIpc) is 2.50. The summed E-state index contributed by atoms with van der Waals surface area (Å²) in [5.74, 6) is 0.513. The number of pyridine rings is 1. The number of nitrogens with zero attached hydrogens (tertiary/aromatic N) is 2. The summed E-state index contributed by atoms with van der Waals surface area (Å²) in [6.45, 7) is 0. The molecule has 0 atom stereocenters. The lowest BCUT2D eigenvalue weighted by molar-refractivity contribution is 1.30. The summed E-state index contributed by atoms with van der Waals surface area (Å²) >= 11 is 1.63. The zero-order chi connectivity index (χ0) is 8.55. The molecule has 0 aliphatic carbocycles. The van der Waals surface area contributed by atoms with Crippen molar-refractivity contribution in [2.24, 2.45) is 0 Å². The Morgan fingerprint density at radius 2 is 2.42 bits per heavy atom. The van der Waals surface area contributed by atoms with E-state index in [1.54, 1.807) is 18.1 Å². The number of aromatic nitrogens is 3. The average molecular weight is 180 g/mol. The topological polar surface area (TPSA) is 67.6 Å². The van der Waals surface area contributed by atoms with Gasteiger partial charge in [-0.2, -0.15) is 0 Å². The van der Waals surface area contributed by atoms with Gasteiger partial charge in [0.2, 0.25) is 0 Å². The molecule has 0 aromatic carbocycles. The highest BCUT2D eigenvalue weighted by molar-refractivity contribution is 7.98. The number of rotatable bonds is 1. The highest BCUT2D eigenvalue weighted by Gasteiger charge is 2.04. The number of thioether (sulfide) groups is 1. The van der Waals surface area contributed by atoms with E-state index in [9.17, 15) is 0 Å². The molecule has 62 valence electrons. The molecule has 12 heavy (non-hydrogen) atoms. The van der Waals surface area contributed by atoms with Gasteiger partial charge in [-0.3, -0.25) is 0 Å². The molecule has 0 saturated heterocycles. The first-order valence-electron chi connectivity index (χ1n) is 3.45. The molecule has 0 bridgehead atoms. The van der Waals surface area contributed by atoms with E-state index in [0.29, 0.717) is 11.5 Å². The Balaban J connectivity index is 2.80. The van der Waals surface area contributed by atoms with Crippen molar-refractivity contribution in [2.45, 2.75) is 4.90 Å². The smallest absolute Gasteiger partial charge is 0.180 e. The van der Waals surface area contributed by atoms with Gasteiger partial charge in [0.05, 0.1) is 11.8 Å². The van der Waals surface area contributed by atoms with Gasteiger partial charge in [0.1, 0.15) is 5.82 Å². The van der Waals surface area contributed by atoms with E-state index in [1.165, 1.54) is 0 Å². The molecule has 2 aromatic heterocycles. The minimum atomic E-state index is 0.513. The molecule has 3 N–H and O–H groups in total. The zero-order valence-corrected chi connectivity index (χ0v) is 7.35. The van der Waals surface area contributed by atoms with Crippen LogP contribution in [0, 0.1) is 0 Å². The van der Waals surface area contributed by atoms with Gasteiger partial charge in [0, 0.05) is 4.90 Å². The summed E-state index contributed by atoms with van der Waals surface area (Å²) in [7, 11) is 0. The van der Waals surface area contributed by atoms with Gasteiger partial charge in [-0.15, -0.1) is 11.8 Å². The van der Waals surface area contributed by atoms with Crippen LogP contribution in [0.4, 0.5) is 5.82 Å². The second-order valence-electron chi connectivity index (χ2n) is 2.35. The zero-order valence-electron chi connectivity index (χ0n) is 6.53. The first kappa shape index (κ1) is 7.42. The molecule has 0 spiro atoms. The maximum Gasteiger partial charge on any atom is 0.180 e. The van der Waals surface area contributed by atoms with Crippen molar-refractivity contribution in [3.8, 4) is 0 Å². The fraction of sp³-hybridized carbons (Fsp3) is 0.143. The van der Waals surface area contributed by atoms with Crippen LogP contribution in [0.3, 0.4) is 0 Å². The van der Waals surface area contributed by atoms with E-state index in [0.717, 1.165) is 10.4 Å². The lowest BCUT2D eigenvalue weighted by Gasteiger charge is -1.98. The van der Waals surface area contributed by atoms with Gasteiger partial charge in [-0.1, -0.05) is 0 Å². The molecule has 2 heterocycles. The summed E-state index contributed by atoms with van der Waals surface area (Å²) in [6.07, 6.45) is 3.62. The van der Waals surface area contributed by atoms with Crippen molar-refractivity contribution in [3.63, 3.8) is 0 Å². The van der Waals surface area contributed by atoms with Crippen molar-refractivity contribution in [2.75, 3.05) is 12.0 Å². The minimum absolute atomic E-state index is 0.513. The molecule has 2 aromatic rings. The third-order valence-corrected chi connectivity index (χ3v) is 2.36. The van der Waals surface area contributed by atoms with Gasteiger partial charge in [-0.05, 0) is 12.3 Å². The van der Waals surface area contributed by atoms with Gasteiger partial charge in [0.25, 0.3) is 0 Å². The monoisotopic (exact) mass is 180 g/mol. The maximum absolute atomic E-state index is 5.58. The largest absolute Gasteiger partial charge is 0.384 e. The molecule has 0 amide bonds. The Labute approximate surface area is 73.6 Å². The number of nitrogen functional groups attached to an aromatic ring is 1. The second-order valence-corrected chi connectivity index (χ2v) is 3.20. The molecule has 0 fully saturated rings. The molecule has 0 saturated carbocycles. The molecule has 0 unspecified atom stereocenters. The number of hydrogen-bond donors (Lipinski definition) is 2. The first-order chi connectivity index (χ1) is 5.81. The predicted molar refractivity (Wildman–Crippen MR) is 50.1 cm³/mol. The number of fused-ring (bicyclic) bond motifs is 1. The van der Waals surface area contributed by atoms with Gasteiger partial charge < -0.3 is 10.7 Å². The number of imidazole rings is 1. The fourth-order valence-corrected chi connectivity index (χ4v) is 1.67. The third-order valence-electron chi connectivity index (χ3n) is 1.60. The summed E-state index contributed by atoms with van der Waals surface area (Å²) in [6, 6.07) is 1.84. The Hall–Kier alpha value is -1.23. The highest BCUT2D eigenvalue weighted by Crippen LogP contribution is 2.23. The van der Waals surface area contributed by atoms with Crippen LogP contribution in [-0.4, -0.2) is 21.2 Å². The van der Waals surface area contributed by atoms with E-state index < -0.39 is 0 Å². The Morgan fingerprint density at radius 3 is 3.17 bits per heavy atom. The van der Waals surface area contributed by atoms with E-state index >= 15 is 0 Å². The SMILES string of the molecule is CSc1cc(N)nc2nc[nH]c12. The van der Waals surface area contributed by atoms with Crippen LogP contribution in [0.25, 0.3) is 11.2 Å². The van der Waals surface area contributed by atoms with E-state index in [2.05, 4.69) is 15.0 Å². The lowest BCUT2D eigenvalue weighted by atomic mass is 10.4. The van der Waals surface area contributed by atoms with Crippen LogP contribution in [0.1, 0.15) is 0 Å². The van der Waals surface area contributed by atoms with Crippen molar-refractivity contribution >= 4 is 28.7 Å². The molecule has 0 aliphatic heterocycles. The van der Waals surface area contributed by atoms with E-state index in [1.807, 2.05) is 12.3 Å². The van der Waals surface area contributed by atoms with Gasteiger partial charge >= 0.3 is 0 Å². The van der Waals surface area contributed by atoms with Crippen LogP contribution in [0.2, 0.25) is 0 Å². The van der Waals surface area contributed by atoms with Crippen LogP contribution < -0.4 is 5.73 Å². The maximum atomic E-state index is 5.58. The van der Waals surface area contributed by atoms with Crippen LogP contribution in [0.15, 0.2) is 17.3 Å². The van der Waals surface area contributed by atoms with Crippen molar-refractivity contribution in [1.82, 2.24) is 15.0 Å². The quantitative estimate of drug-likeness (QED) is 0.648. The summed E-state index contributed by atoms with van der Waals surface area (Å²) in [5, 5.41) is 0. The Kier molecular flexibility index (Phi) is 1.65. The second kappa shape index (κ2) is 2.67. The fourth-order valence-electron chi connectivity index (χ4n) is 1.08. The molecular formula is C7H8N4S. The molecule has 4 nitrogen and oxygen atoms in total. The number of H-pyrrole nitrogens is 1. The Morgan fingerprint density at radius 1 is 1.58 bits per heavy atom. The predicted octanol–water partition coefficient (Wildman–Crippen LogP) is 1.26.